The highest BCUT2D eigenvalue weighted by Gasteiger charge is 2.12. The third-order valence-corrected chi connectivity index (χ3v) is 4.70. The molecule has 0 bridgehead atoms. The predicted octanol–water partition coefficient (Wildman–Crippen LogP) is 4.48. The van der Waals surface area contributed by atoms with E-state index in [9.17, 15) is 14.3 Å². The molecule has 29 heavy (non-hydrogen) atoms. The number of ether oxygens (including phenoxy) is 2. The number of benzene rings is 2. The van der Waals surface area contributed by atoms with Crippen molar-refractivity contribution >= 4 is 10.9 Å². The Kier molecular flexibility index (Phi) is 6.23. The fraction of sp³-hybridized carbons (Fsp3) is 0.348. The Hall–Kier alpha value is -2.86. The topological polar surface area (TPSA) is 71.5 Å². The Morgan fingerprint density at radius 2 is 1.83 bits per heavy atom. The summed E-state index contributed by atoms with van der Waals surface area (Å²) in [5.41, 5.74) is 0.812. The van der Waals surface area contributed by atoms with Crippen molar-refractivity contribution in [1.29, 1.82) is 0 Å². The lowest BCUT2D eigenvalue weighted by Crippen LogP contribution is -2.19. The SMILES string of the molecule is Cc1c(COc2cccc(OCCCC(C)(C)O)c2)[nH]c2ccc(F)cc2c1=O. The molecule has 0 fully saturated rings. The van der Waals surface area contributed by atoms with Crippen molar-refractivity contribution in [3.63, 3.8) is 0 Å². The van der Waals surface area contributed by atoms with Gasteiger partial charge in [0.2, 0.25) is 0 Å². The normalized spacial score (nSPS) is 11.6. The molecule has 0 saturated heterocycles. The molecule has 0 saturated carbocycles. The largest absolute Gasteiger partial charge is 0.493 e. The summed E-state index contributed by atoms with van der Waals surface area (Å²) >= 11 is 0. The number of halogens is 1. The van der Waals surface area contributed by atoms with Crippen molar-refractivity contribution in [2.75, 3.05) is 6.61 Å². The smallest absolute Gasteiger partial charge is 0.192 e. The summed E-state index contributed by atoms with van der Waals surface area (Å²) in [5, 5.41) is 10.1. The second-order valence-electron chi connectivity index (χ2n) is 7.78. The van der Waals surface area contributed by atoms with Crippen molar-refractivity contribution in [2.24, 2.45) is 0 Å². The number of fused-ring (bicyclic) bond motifs is 1. The molecule has 0 aliphatic heterocycles. The first-order valence-electron chi connectivity index (χ1n) is 9.62. The van der Waals surface area contributed by atoms with E-state index in [-0.39, 0.29) is 12.0 Å². The van der Waals surface area contributed by atoms with E-state index in [1.807, 2.05) is 18.2 Å². The molecule has 2 N–H and O–H groups in total. The second-order valence-corrected chi connectivity index (χ2v) is 7.78. The average Bonchev–Trinajstić information content (AvgIpc) is 2.67. The van der Waals surface area contributed by atoms with Crippen LogP contribution in [0.4, 0.5) is 4.39 Å². The Balaban J connectivity index is 1.66. The summed E-state index contributed by atoms with van der Waals surface area (Å²) in [4.78, 5) is 15.7. The molecule has 6 heteroatoms. The van der Waals surface area contributed by atoms with Gasteiger partial charge in [-0.1, -0.05) is 6.07 Å². The molecule has 0 radical (unpaired) electrons. The summed E-state index contributed by atoms with van der Waals surface area (Å²) < 4.78 is 25.0. The summed E-state index contributed by atoms with van der Waals surface area (Å²) in [6, 6.07) is 11.4. The molecule has 0 aliphatic carbocycles. The third kappa shape index (κ3) is 5.57. The van der Waals surface area contributed by atoms with Crippen molar-refractivity contribution in [3.8, 4) is 11.5 Å². The van der Waals surface area contributed by atoms with Crippen molar-refractivity contribution in [3.05, 3.63) is 69.8 Å². The van der Waals surface area contributed by atoms with Crippen LogP contribution in [0.2, 0.25) is 0 Å². The highest BCUT2D eigenvalue weighted by Crippen LogP contribution is 2.22. The quantitative estimate of drug-likeness (QED) is 0.548. The number of pyridine rings is 1. The van der Waals surface area contributed by atoms with Gasteiger partial charge >= 0.3 is 0 Å². The van der Waals surface area contributed by atoms with E-state index in [0.29, 0.717) is 46.7 Å². The van der Waals surface area contributed by atoms with Crippen LogP contribution in [0.15, 0.2) is 47.3 Å². The fourth-order valence-electron chi connectivity index (χ4n) is 3.06. The Labute approximate surface area is 169 Å². The molecule has 0 amide bonds. The van der Waals surface area contributed by atoms with Gasteiger partial charge in [0.25, 0.3) is 0 Å². The maximum atomic E-state index is 13.4. The summed E-state index contributed by atoms with van der Waals surface area (Å²) in [6.07, 6.45) is 1.40. The molecule has 0 atom stereocenters. The minimum atomic E-state index is -0.700. The number of aromatic nitrogens is 1. The zero-order valence-electron chi connectivity index (χ0n) is 16.9. The van der Waals surface area contributed by atoms with Crippen LogP contribution in [0.1, 0.15) is 37.9 Å². The minimum Gasteiger partial charge on any atom is -0.493 e. The van der Waals surface area contributed by atoms with Crippen LogP contribution in [0.25, 0.3) is 10.9 Å². The van der Waals surface area contributed by atoms with Crippen molar-refractivity contribution in [2.45, 2.75) is 45.8 Å². The summed E-state index contributed by atoms with van der Waals surface area (Å²) in [5.74, 6) is 0.854. The van der Waals surface area contributed by atoms with Gasteiger partial charge in [-0.2, -0.15) is 0 Å². The van der Waals surface area contributed by atoms with Gasteiger partial charge in [0.05, 0.1) is 17.9 Å². The molecule has 1 aromatic heterocycles. The molecule has 5 nitrogen and oxygen atoms in total. The van der Waals surface area contributed by atoms with Gasteiger partial charge in [-0.3, -0.25) is 4.79 Å². The van der Waals surface area contributed by atoms with Gasteiger partial charge in [-0.05, 0) is 63.9 Å². The van der Waals surface area contributed by atoms with E-state index in [4.69, 9.17) is 9.47 Å². The molecule has 1 heterocycles. The van der Waals surface area contributed by atoms with E-state index >= 15 is 0 Å². The van der Waals surface area contributed by atoms with Crippen molar-refractivity contribution < 1.29 is 19.0 Å². The Morgan fingerprint density at radius 3 is 2.55 bits per heavy atom. The molecule has 0 aliphatic rings. The number of H-pyrrole nitrogens is 1. The van der Waals surface area contributed by atoms with Gasteiger partial charge in [0.1, 0.15) is 23.9 Å². The van der Waals surface area contributed by atoms with E-state index < -0.39 is 11.4 Å². The number of nitrogens with one attached hydrogen (secondary N) is 1. The first-order valence-corrected chi connectivity index (χ1v) is 9.62. The van der Waals surface area contributed by atoms with Gasteiger partial charge in [0.15, 0.2) is 5.43 Å². The number of rotatable bonds is 8. The van der Waals surface area contributed by atoms with Crippen LogP contribution in [0.5, 0.6) is 11.5 Å². The number of aliphatic hydroxyl groups is 1. The first kappa shape index (κ1) is 20.9. The molecular formula is C23H26FNO4. The molecule has 0 spiro atoms. The summed E-state index contributed by atoms with van der Waals surface area (Å²) in [6.45, 7) is 5.93. The molecule has 154 valence electrons. The number of aromatic amines is 1. The van der Waals surface area contributed by atoms with Crippen LogP contribution in [-0.4, -0.2) is 22.3 Å². The monoisotopic (exact) mass is 399 g/mol. The zero-order valence-corrected chi connectivity index (χ0v) is 16.9. The Morgan fingerprint density at radius 1 is 1.10 bits per heavy atom. The van der Waals surface area contributed by atoms with E-state index in [0.717, 1.165) is 6.42 Å². The first-order chi connectivity index (χ1) is 13.7. The van der Waals surface area contributed by atoms with Crippen LogP contribution < -0.4 is 14.9 Å². The standard InChI is InChI=1S/C23H26FNO4/c1-15-21(25-20-9-8-16(24)12-19(20)22(15)26)14-29-18-7-4-6-17(13-18)28-11-5-10-23(2,3)27/h4,6-9,12-13,27H,5,10-11,14H2,1-3H3,(H,25,26). The lowest BCUT2D eigenvalue weighted by molar-refractivity contribution is 0.0641. The maximum absolute atomic E-state index is 13.4. The van der Waals surface area contributed by atoms with Gasteiger partial charge in [-0.25, -0.2) is 4.39 Å². The zero-order chi connectivity index (χ0) is 21.0. The van der Waals surface area contributed by atoms with Crippen LogP contribution in [-0.2, 0) is 6.61 Å². The van der Waals surface area contributed by atoms with Crippen molar-refractivity contribution in [1.82, 2.24) is 4.98 Å². The lowest BCUT2D eigenvalue weighted by Gasteiger charge is -2.16. The van der Waals surface area contributed by atoms with Crippen LogP contribution in [0, 0.1) is 12.7 Å². The fourth-order valence-corrected chi connectivity index (χ4v) is 3.06. The maximum Gasteiger partial charge on any atom is 0.192 e. The predicted molar refractivity (Wildman–Crippen MR) is 111 cm³/mol. The van der Waals surface area contributed by atoms with E-state index in [1.165, 1.54) is 12.1 Å². The average molecular weight is 399 g/mol. The number of hydrogen-bond acceptors (Lipinski definition) is 4. The van der Waals surface area contributed by atoms with Gasteiger partial charge in [-0.15, -0.1) is 0 Å². The third-order valence-electron chi connectivity index (χ3n) is 4.70. The highest BCUT2D eigenvalue weighted by atomic mass is 19.1. The molecular weight excluding hydrogens is 373 g/mol. The van der Waals surface area contributed by atoms with Gasteiger partial charge < -0.3 is 19.6 Å². The van der Waals surface area contributed by atoms with Gasteiger partial charge in [0, 0.05) is 22.5 Å². The van der Waals surface area contributed by atoms with E-state index in [1.54, 1.807) is 32.9 Å². The lowest BCUT2D eigenvalue weighted by atomic mass is 10.0. The molecule has 2 aromatic carbocycles. The second kappa shape index (κ2) is 8.66. The Bertz CT molecular complexity index is 1050. The van der Waals surface area contributed by atoms with Crippen LogP contribution >= 0.6 is 0 Å². The molecule has 3 aromatic rings. The van der Waals surface area contributed by atoms with E-state index in [2.05, 4.69) is 4.98 Å². The highest BCUT2D eigenvalue weighted by molar-refractivity contribution is 5.79. The minimum absolute atomic E-state index is 0.177. The molecule has 0 unspecified atom stereocenters. The van der Waals surface area contributed by atoms with Crippen LogP contribution in [0.3, 0.4) is 0 Å². The summed E-state index contributed by atoms with van der Waals surface area (Å²) in [7, 11) is 0. The number of hydrogen-bond donors (Lipinski definition) is 2. The molecule has 3 rings (SSSR count).